The third-order valence-electron chi connectivity index (χ3n) is 1.15. The van der Waals surface area contributed by atoms with Crippen LogP contribution in [0.1, 0.15) is 0 Å². The molecule has 0 aromatic heterocycles. The third-order valence-corrected chi connectivity index (χ3v) is 1.15. The number of aliphatic hydroxyl groups is 1. The van der Waals surface area contributed by atoms with Crippen LogP contribution in [0, 0.1) is 0 Å². The molecular weight excluding hydrogens is 158 g/mol. The summed E-state index contributed by atoms with van der Waals surface area (Å²) in [4.78, 5) is 15.7. The Kier molecular flexibility index (Phi) is 3.99. The van der Waals surface area contributed by atoms with E-state index in [-0.39, 0.29) is 18.0 Å². The van der Waals surface area contributed by atoms with Crippen molar-refractivity contribution in [3.63, 3.8) is 0 Å². The number of carbonyl (C=O) groups excluding carboxylic acids is 1. The van der Waals surface area contributed by atoms with Gasteiger partial charge in [-0.3, -0.25) is 0 Å². The van der Waals surface area contributed by atoms with Gasteiger partial charge in [-0.1, -0.05) is 6.58 Å². The van der Waals surface area contributed by atoms with E-state index in [4.69, 9.17) is 10.8 Å². The molecule has 0 unspecified atom stereocenters. The molecule has 0 saturated heterocycles. The number of aliphatic imine (C=N–C) groups is 1. The van der Waals surface area contributed by atoms with Gasteiger partial charge in [-0.2, -0.15) is 4.99 Å². The standard InChI is InChI=1S/C7H13N3O2/c1-5(4-11)6(8)9-7(12)10(2)3/h11H,1,4H2,2-3H3,(H2,8,9,12). The third kappa shape index (κ3) is 3.16. The molecular formula is C7H13N3O2. The van der Waals surface area contributed by atoms with E-state index in [0.29, 0.717) is 0 Å². The Labute approximate surface area is 71.2 Å². The van der Waals surface area contributed by atoms with E-state index in [1.165, 1.54) is 4.90 Å². The molecule has 5 heteroatoms. The van der Waals surface area contributed by atoms with E-state index < -0.39 is 6.03 Å². The Hall–Kier alpha value is -1.36. The predicted molar refractivity (Wildman–Crippen MR) is 46.9 cm³/mol. The van der Waals surface area contributed by atoms with E-state index in [0.717, 1.165) is 0 Å². The molecule has 68 valence electrons. The van der Waals surface area contributed by atoms with Gasteiger partial charge in [-0.25, -0.2) is 4.79 Å². The molecule has 0 spiro atoms. The number of aliphatic hydroxyl groups excluding tert-OH is 1. The fourth-order valence-electron chi connectivity index (χ4n) is 0.363. The normalized spacial score (nSPS) is 11.1. The molecule has 2 amide bonds. The summed E-state index contributed by atoms with van der Waals surface area (Å²) in [6.45, 7) is 3.11. The van der Waals surface area contributed by atoms with Crippen molar-refractivity contribution in [3.05, 3.63) is 12.2 Å². The molecule has 0 fully saturated rings. The monoisotopic (exact) mass is 171 g/mol. The number of amides is 2. The van der Waals surface area contributed by atoms with E-state index >= 15 is 0 Å². The zero-order valence-corrected chi connectivity index (χ0v) is 7.24. The highest BCUT2D eigenvalue weighted by molar-refractivity contribution is 6.02. The lowest BCUT2D eigenvalue weighted by atomic mass is 10.3. The van der Waals surface area contributed by atoms with Gasteiger partial charge in [0.1, 0.15) is 5.84 Å². The average molecular weight is 171 g/mol. The molecule has 5 nitrogen and oxygen atoms in total. The average Bonchev–Trinajstić information content (AvgIpc) is 2.02. The van der Waals surface area contributed by atoms with Gasteiger partial charge in [-0.05, 0) is 0 Å². The number of rotatable bonds is 2. The molecule has 3 N–H and O–H groups in total. The zero-order valence-electron chi connectivity index (χ0n) is 7.24. The molecule has 0 aliphatic rings. The Balaban J connectivity index is 4.36. The fourth-order valence-corrected chi connectivity index (χ4v) is 0.363. The minimum Gasteiger partial charge on any atom is -0.392 e. The maximum absolute atomic E-state index is 10.9. The van der Waals surface area contributed by atoms with Gasteiger partial charge < -0.3 is 15.7 Å². The van der Waals surface area contributed by atoms with Crippen molar-refractivity contribution in [2.45, 2.75) is 0 Å². The summed E-state index contributed by atoms with van der Waals surface area (Å²) >= 11 is 0. The summed E-state index contributed by atoms with van der Waals surface area (Å²) in [7, 11) is 3.11. The molecule has 0 radical (unpaired) electrons. The van der Waals surface area contributed by atoms with Gasteiger partial charge in [0.15, 0.2) is 0 Å². The second kappa shape index (κ2) is 4.50. The molecule has 0 saturated carbocycles. The van der Waals surface area contributed by atoms with Crippen molar-refractivity contribution in [2.24, 2.45) is 10.7 Å². The van der Waals surface area contributed by atoms with Crippen molar-refractivity contribution in [2.75, 3.05) is 20.7 Å². The summed E-state index contributed by atoms with van der Waals surface area (Å²) in [5.74, 6) is -0.0313. The first-order valence-electron chi connectivity index (χ1n) is 3.33. The van der Waals surface area contributed by atoms with E-state index in [1.54, 1.807) is 14.1 Å². The SMILES string of the molecule is C=C(CO)C(N)=NC(=O)N(C)C. The maximum atomic E-state index is 10.9. The van der Waals surface area contributed by atoms with Gasteiger partial charge in [-0.15, -0.1) is 0 Å². The number of hydrogen-bond donors (Lipinski definition) is 2. The summed E-state index contributed by atoms with van der Waals surface area (Å²) in [6.07, 6.45) is 0. The van der Waals surface area contributed by atoms with Crippen LogP contribution in [-0.4, -0.2) is 42.6 Å². The van der Waals surface area contributed by atoms with Crippen molar-refractivity contribution in [1.29, 1.82) is 0 Å². The number of carbonyl (C=O) groups is 1. The van der Waals surface area contributed by atoms with Crippen molar-refractivity contribution < 1.29 is 9.90 Å². The van der Waals surface area contributed by atoms with Crippen molar-refractivity contribution in [3.8, 4) is 0 Å². The summed E-state index contributed by atoms with van der Waals surface area (Å²) in [5.41, 5.74) is 5.55. The second-order valence-electron chi connectivity index (χ2n) is 2.44. The van der Waals surface area contributed by atoms with E-state index in [1.807, 2.05) is 0 Å². The minimum absolute atomic E-state index is 0.0313. The van der Waals surface area contributed by atoms with Crippen molar-refractivity contribution in [1.82, 2.24) is 4.90 Å². The molecule has 0 aliphatic heterocycles. The Bertz CT molecular complexity index is 221. The molecule has 0 rings (SSSR count). The Morgan fingerprint density at radius 2 is 2.17 bits per heavy atom. The van der Waals surface area contributed by atoms with Crippen LogP contribution in [0.3, 0.4) is 0 Å². The molecule has 0 aromatic carbocycles. The van der Waals surface area contributed by atoms with Crippen LogP contribution in [0.15, 0.2) is 17.1 Å². The molecule has 0 aromatic rings. The molecule has 0 atom stereocenters. The highest BCUT2D eigenvalue weighted by Crippen LogP contribution is 1.91. The van der Waals surface area contributed by atoms with Gasteiger partial charge in [0.25, 0.3) is 0 Å². The van der Waals surface area contributed by atoms with Crippen LogP contribution in [0.2, 0.25) is 0 Å². The van der Waals surface area contributed by atoms with Crippen LogP contribution >= 0.6 is 0 Å². The van der Waals surface area contributed by atoms with E-state index in [9.17, 15) is 4.79 Å². The highest BCUT2D eigenvalue weighted by Gasteiger charge is 2.03. The van der Waals surface area contributed by atoms with Gasteiger partial charge in [0, 0.05) is 19.7 Å². The smallest absolute Gasteiger partial charge is 0.344 e. The second-order valence-corrected chi connectivity index (χ2v) is 2.44. The molecule has 0 heterocycles. The van der Waals surface area contributed by atoms with Gasteiger partial charge in [0.2, 0.25) is 0 Å². The molecule has 12 heavy (non-hydrogen) atoms. The number of urea groups is 1. The number of nitrogens with zero attached hydrogens (tertiary/aromatic N) is 2. The molecule has 0 aliphatic carbocycles. The lowest BCUT2D eigenvalue weighted by molar-refractivity contribution is 0.227. The van der Waals surface area contributed by atoms with Crippen LogP contribution in [0.4, 0.5) is 4.79 Å². The minimum atomic E-state index is -0.470. The number of nitrogens with two attached hydrogens (primary N) is 1. The van der Waals surface area contributed by atoms with Crippen LogP contribution in [-0.2, 0) is 0 Å². The van der Waals surface area contributed by atoms with Crippen molar-refractivity contribution >= 4 is 11.9 Å². The maximum Gasteiger partial charge on any atom is 0.344 e. The fraction of sp³-hybridized carbons (Fsp3) is 0.429. The summed E-state index contributed by atoms with van der Waals surface area (Å²) in [6, 6.07) is -0.470. The van der Waals surface area contributed by atoms with Gasteiger partial charge in [0.05, 0.1) is 6.61 Å². The first-order valence-corrected chi connectivity index (χ1v) is 3.33. The largest absolute Gasteiger partial charge is 0.392 e. The lowest BCUT2D eigenvalue weighted by Gasteiger charge is -2.06. The summed E-state index contributed by atoms with van der Waals surface area (Å²) in [5, 5.41) is 8.57. The lowest BCUT2D eigenvalue weighted by Crippen LogP contribution is -2.24. The van der Waals surface area contributed by atoms with Crippen LogP contribution in [0.5, 0.6) is 0 Å². The first kappa shape index (κ1) is 10.6. The molecule has 0 bridgehead atoms. The van der Waals surface area contributed by atoms with Crippen LogP contribution in [0.25, 0.3) is 0 Å². The quantitative estimate of drug-likeness (QED) is 0.437. The summed E-state index contributed by atoms with van der Waals surface area (Å²) < 4.78 is 0. The topological polar surface area (TPSA) is 78.9 Å². The van der Waals surface area contributed by atoms with E-state index in [2.05, 4.69) is 11.6 Å². The first-order chi connectivity index (χ1) is 5.49. The van der Waals surface area contributed by atoms with Crippen LogP contribution < -0.4 is 5.73 Å². The Morgan fingerprint density at radius 3 is 2.50 bits per heavy atom. The zero-order chi connectivity index (χ0) is 9.72. The number of hydrogen-bond acceptors (Lipinski definition) is 2. The predicted octanol–water partition coefficient (Wildman–Crippen LogP) is -0.426. The Morgan fingerprint density at radius 1 is 1.67 bits per heavy atom. The van der Waals surface area contributed by atoms with Gasteiger partial charge >= 0.3 is 6.03 Å². The highest BCUT2D eigenvalue weighted by atomic mass is 16.3. The number of amidine groups is 1.